The molecule has 0 fully saturated rings. The quantitative estimate of drug-likeness (QED) is 0.266. The second kappa shape index (κ2) is 9.43. The van der Waals surface area contributed by atoms with Gasteiger partial charge in [0.2, 0.25) is 0 Å². The number of hydrogen-bond donors (Lipinski definition) is 0. The molecule has 0 nitrogen and oxygen atoms in total. The Morgan fingerprint density at radius 1 is 0.812 bits per heavy atom. The monoisotopic (exact) mass is 444 g/mol. The van der Waals surface area contributed by atoms with Gasteiger partial charge in [-0.15, -0.1) is 0 Å². The fraction of sp³-hybridized carbons (Fsp3) is 0.333. The molecule has 1 aliphatic carbocycles. The molecule has 3 aromatic carbocycles. The number of rotatable bonds is 6. The summed E-state index contributed by atoms with van der Waals surface area (Å²) in [6, 6.07) is 9.92. The van der Waals surface area contributed by atoms with Crippen LogP contribution in [0.15, 0.2) is 42.5 Å². The van der Waals surface area contributed by atoms with Crippen LogP contribution in [0.1, 0.15) is 60.8 Å². The summed E-state index contributed by atoms with van der Waals surface area (Å²) in [4.78, 5) is 0. The van der Waals surface area contributed by atoms with Crippen molar-refractivity contribution in [3.8, 4) is 11.1 Å². The van der Waals surface area contributed by atoms with E-state index in [9.17, 15) is 17.6 Å². The van der Waals surface area contributed by atoms with Crippen LogP contribution < -0.4 is 0 Å². The average Bonchev–Trinajstić information content (AvgIpc) is 2.79. The van der Waals surface area contributed by atoms with Crippen molar-refractivity contribution in [2.24, 2.45) is 0 Å². The van der Waals surface area contributed by atoms with E-state index in [0.29, 0.717) is 42.4 Å². The molecule has 5 heteroatoms. The van der Waals surface area contributed by atoms with E-state index in [1.54, 1.807) is 18.2 Å². The Labute approximate surface area is 185 Å². The molecular formula is C27H25F5. The molecule has 0 N–H and O–H groups in total. The molecule has 0 bridgehead atoms. The molecule has 0 heterocycles. The van der Waals surface area contributed by atoms with Gasteiger partial charge in [-0.2, -0.15) is 0 Å². The zero-order chi connectivity index (χ0) is 22.8. The summed E-state index contributed by atoms with van der Waals surface area (Å²) in [5.41, 5.74) is 2.43. The Morgan fingerprint density at radius 2 is 1.62 bits per heavy atom. The number of aryl methyl sites for hydroxylation is 1. The second-order valence-corrected chi connectivity index (χ2v) is 8.53. The molecule has 1 atom stereocenters. The van der Waals surface area contributed by atoms with Gasteiger partial charge in [0.05, 0.1) is 0 Å². The van der Waals surface area contributed by atoms with Crippen molar-refractivity contribution in [3.05, 3.63) is 93.8 Å². The van der Waals surface area contributed by atoms with Crippen molar-refractivity contribution in [1.29, 1.82) is 0 Å². The fourth-order valence-electron chi connectivity index (χ4n) is 4.64. The summed E-state index contributed by atoms with van der Waals surface area (Å²) in [5, 5.41) is 0. The molecule has 1 unspecified atom stereocenters. The summed E-state index contributed by atoms with van der Waals surface area (Å²) in [6.45, 7) is 2.06. The minimum Gasteiger partial charge on any atom is -0.206 e. The number of hydrogen-bond acceptors (Lipinski definition) is 0. The molecule has 0 radical (unpaired) electrons. The summed E-state index contributed by atoms with van der Waals surface area (Å²) in [6.07, 6.45) is 4.57. The summed E-state index contributed by atoms with van der Waals surface area (Å²) >= 11 is 0. The summed E-state index contributed by atoms with van der Waals surface area (Å²) in [5.74, 6) is -4.30. The maximum atomic E-state index is 15.2. The van der Waals surface area contributed by atoms with E-state index in [1.807, 2.05) is 0 Å². The Balaban J connectivity index is 1.59. The van der Waals surface area contributed by atoms with Crippen LogP contribution >= 0.6 is 0 Å². The van der Waals surface area contributed by atoms with E-state index in [-0.39, 0.29) is 17.0 Å². The summed E-state index contributed by atoms with van der Waals surface area (Å²) < 4.78 is 71.5. The third kappa shape index (κ3) is 4.30. The van der Waals surface area contributed by atoms with Gasteiger partial charge in [-0.1, -0.05) is 50.1 Å². The molecule has 0 aromatic heterocycles. The molecule has 0 amide bonds. The van der Waals surface area contributed by atoms with Gasteiger partial charge in [0, 0.05) is 5.56 Å². The Kier molecular flexibility index (Phi) is 6.63. The Hall–Kier alpha value is -2.69. The van der Waals surface area contributed by atoms with Gasteiger partial charge >= 0.3 is 0 Å². The highest BCUT2D eigenvalue weighted by molar-refractivity contribution is 5.66. The molecule has 0 saturated heterocycles. The van der Waals surface area contributed by atoms with Crippen LogP contribution in [0.3, 0.4) is 0 Å². The van der Waals surface area contributed by atoms with Gasteiger partial charge < -0.3 is 0 Å². The minimum atomic E-state index is -1.03. The average molecular weight is 444 g/mol. The molecular weight excluding hydrogens is 419 g/mol. The van der Waals surface area contributed by atoms with E-state index in [0.717, 1.165) is 37.0 Å². The fourth-order valence-corrected chi connectivity index (χ4v) is 4.64. The third-order valence-corrected chi connectivity index (χ3v) is 6.46. The SMILES string of the molecule is CCCCCc1ccc(C2CCc3c(ccc(-c4ccc(F)c(F)c4)c3F)C2)c(F)c1F. The van der Waals surface area contributed by atoms with Crippen molar-refractivity contribution in [3.63, 3.8) is 0 Å². The van der Waals surface area contributed by atoms with Gasteiger partial charge in [0.25, 0.3) is 0 Å². The zero-order valence-electron chi connectivity index (χ0n) is 18.0. The van der Waals surface area contributed by atoms with Gasteiger partial charge in [-0.05, 0) is 78.0 Å². The maximum Gasteiger partial charge on any atom is 0.162 e. The van der Waals surface area contributed by atoms with Gasteiger partial charge in [-0.25, -0.2) is 22.0 Å². The lowest BCUT2D eigenvalue weighted by Crippen LogP contribution is -2.16. The molecule has 1 aliphatic rings. The van der Waals surface area contributed by atoms with E-state index < -0.39 is 29.1 Å². The van der Waals surface area contributed by atoms with Crippen LogP contribution in [0.25, 0.3) is 11.1 Å². The highest BCUT2D eigenvalue weighted by atomic mass is 19.2. The lowest BCUT2D eigenvalue weighted by atomic mass is 9.78. The largest absolute Gasteiger partial charge is 0.206 e. The van der Waals surface area contributed by atoms with Crippen LogP contribution in [0, 0.1) is 29.1 Å². The van der Waals surface area contributed by atoms with E-state index in [2.05, 4.69) is 6.92 Å². The normalized spacial score (nSPS) is 15.6. The van der Waals surface area contributed by atoms with E-state index >= 15 is 4.39 Å². The first-order chi connectivity index (χ1) is 15.4. The van der Waals surface area contributed by atoms with Crippen molar-refractivity contribution in [2.45, 2.75) is 57.8 Å². The maximum absolute atomic E-state index is 15.2. The van der Waals surface area contributed by atoms with Crippen LogP contribution in [-0.2, 0) is 19.3 Å². The number of fused-ring (bicyclic) bond motifs is 1. The molecule has 0 aliphatic heterocycles. The molecule has 168 valence electrons. The zero-order valence-corrected chi connectivity index (χ0v) is 18.0. The minimum absolute atomic E-state index is 0.203. The van der Waals surface area contributed by atoms with Crippen molar-refractivity contribution in [1.82, 2.24) is 0 Å². The van der Waals surface area contributed by atoms with Crippen molar-refractivity contribution < 1.29 is 22.0 Å². The standard InChI is InChI=1S/C27H25F5/c1-2-3-4-5-16-6-10-22(27(32)25(16)30)18-8-11-20-17(14-18)7-12-21(26(20)31)19-9-13-23(28)24(29)15-19/h6-7,9-10,12-13,15,18H,2-5,8,11,14H2,1H3. The second-order valence-electron chi connectivity index (χ2n) is 8.53. The predicted molar refractivity (Wildman–Crippen MR) is 116 cm³/mol. The third-order valence-electron chi connectivity index (χ3n) is 6.46. The first-order valence-electron chi connectivity index (χ1n) is 11.1. The lowest BCUT2D eigenvalue weighted by Gasteiger charge is -2.27. The van der Waals surface area contributed by atoms with Gasteiger partial charge in [0.1, 0.15) is 5.82 Å². The van der Waals surface area contributed by atoms with Crippen LogP contribution in [0.4, 0.5) is 22.0 Å². The highest BCUT2D eigenvalue weighted by Gasteiger charge is 2.27. The predicted octanol–water partition coefficient (Wildman–Crippen LogP) is 8.05. The first-order valence-corrected chi connectivity index (χ1v) is 11.1. The highest BCUT2D eigenvalue weighted by Crippen LogP contribution is 2.38. The smallest absolute Gasteiger partial charge is 0.162 e. The van der Waals surface area contributed by atoms with Gasteiger partial charge in [-0.3, -0.25) is 0 Å². The molecule has 4 rings (SSSR count). The molecule has 3 aromatic rings. The Morgan fingerprint density at radius 3 is 2.38 bits per heavy atom. The van der Waals surface area contributed by atoms with Crippen LogP contribution in [-0.4, -0.2) is 0 Å². The lowest BCUT2D eigenvalue weighted by molar-refractivity contribution is 0.463. The summed E-state index contributed by atoms with van der Waals surface area (Å²) in [7, 11) is 0. The van der Waals surface area contributed by atoms with E-state index in [4.69, 9.17) is 0 Å². The van der Waals surface area contributed by atoms with Crippen LogP contribution in [0.5, 0.6) is 0 Å². The van der Waals surface area contributed by atoms with Crippen molar-refractivity contribution >= 4 is 0 Å². The molecule has 32 heavy (non-hydrogen) atoms. The number of unbranched alkanes of at least 4 members (excludes halogenated alkanes) is 2. The van der Waals surface area contributed by atoms with E-state index in [1.165, 1.54) is 12.1 Å². The first kappa shape index (κ1) is 22.5. The van der Waals surface area contributed by atoms with Gasteiger partial charge in [0.15, 0.2) is 23.3 Å². The Bertz CT molecular complexity index is 1140. The topological polar surface area (TPSA) is 0 Å². The van der Waals surface area contributed by atoms with Crippen LogP contribution in [0.2, 0.25) is 0 Å². The molecule has 0 saturated carbocycles. The number of benzene rings is 3. The number of halogens is 5. The molecule has 0 spiro atoms. The van der Waals surface area contributed by atoms with Crippen molar-refractivity contribution in [2.75, 3.05) is 0 Å².